The van der Waals surface area contributed by atoms with Crippen molar-refractivity contribution >= 4 is 5.97 Å². The lowest BCUT2D eigenvalue weighted by atomic mass is 9.98. The second-order valence-corrected chi connectivity index (χ2v) is 4.44. The smallest absolute Gasteiger partial charge is 0.339 e. The van der Waals surface area contributed by atoms with E-state index in [0.717, 1.165) is 22.4 Å². The van der Waals surface area contributed by atoms with Crippen molar-refractivity contribution in [1.82, 2.24) is 9.78 Å². The molecule has 100 valence electrons. The number of carboxylic acid groups (broad SMARTS) is 1. The molecule has 0 fully saturated rings. The lowest BCUT2D eigenvalue weighted by molar-refractivity contribution is 0.0697. The number of nitrogens with zero attached hydrogens (tertiary/aromatic N) is 2. The summed E-state index contributed by atoms with van der Waals surface area (Å²) in [7, 11) is 3.33. The van der Waals surface area contributed by atoms with Crippen molar-refractivity contribution in [2.24, 2.45) is 7.05 Å². The Morgan fingerprint density at radius 2 is 2.00 bits per heavy atom. The maximum Gasteiger partial charge on any atom is 0.339 e. The first-order chi connectivity index (χ1) is 8.95. The Balaban J connectivity index is 2.66. The number of hydrogen-bond donors (Lipinski definition) is 1. The van der Waals surface area contributed by atoms with Crippen molar-refractivity contribution in [2.75, 3.05) is 7.11 Å². The van der Waals surface area contributed by atoms with Gasteiger partial charge in [-0.05, 0) is 37.1 Å². The van der Waals surface area contributed by atoms with Gasteiger partial charge in [-0.3, -0.25) is 4.68 Å². The molecule has 0 bridgehead atoms. The highest BCUT2D eigenvalue weighted by molar-refractivity contribution is 5.95. The zero-order chi connectivity index (χ0) is 14.2. The van der Waals surface area contributed by atoms with Crippen LogP contribution < -0.4 is 4.74 Å². The Morgan fingerprint density at radius 3 is 2.58 bits per heavy atom. The van der Waals surface area contributed by atoms with Gasteiger partial charge in [0.2, 0.25) is 0 Å². The van der Waals surface area contributed by atoms with Crippen molar-refractivity contribution in [3.8, 4) is 17.0 Å². The molecular weight excluding hydrogens is 244 g/mol. The van der Waals surface area contributed by atoms with E-state index in [1.165, 1.54) is 10.9 Å². The number of carboxylic acids is 1. The van der Waals surface area contributed by atoms with E-state index in [9.17, 15) is 9.90 Å². The third kappa shape index (κ3) is 2.19. The number of aryl methyl sites for hydroxylation is 1. The van der Waals surface area contributed by atoms with E-state index < -0.39 is 5.97 Å². The van der Waals surface area contributed by atoms with Gasteiger partial charge in [-0.25, -0.2) is 4.79 Å². The van der Waals surface area contributed by atoms with Crippen LogP contribution in [0.25, 0.3) is 11.3 Å². The molecule has 2 aromatic rings. The summed E-state index contributed by atoms with van der Waals surface area (Å²) in [6.07, 6.45) is 1.51. The van der Waals surface area contributed by atoms with Gasteiger partial charge in [-0.1, -0.05) is 0 Å². The number of carbonyl (C=O) groups is 1. The number of aromatic nitrogens is 2. The Hall–Kier alpha value is -2.30. The summed E-state index contributed by atoms with van der Waals surface area (Å²) < 4.78 is 6.77. The molecule has 0 aliphatic rings. The van der Waals surface area contributed by atoms with E-state index in [2.05, 4.69) is 5.10 Å². The van der Waals surface area contributed by atoms with Crippen molar-refractivity contribution in [2.45, 2.75) is 13.8 Å². The molecule has 0 aliphatic heterocycles. The first-order valence-corrected chi connectivity index (χ1v) is 5.87. The zero-order valence-electron chi connectivity index (χ0n) is 11.4. The van der Waals surface area contributed by atoms with Gasteiger partial charge in [0.25, 0.3) is 0 Å². The summed E-state index contributed by atoms with van der Waals surface area (Å²) in [6.45, 7) is 3.88. The molecule has 5 heteroatoms. The number of rotatable bonds is 3. The van der Waals surface area contributed by atoms with Crippen LogP contribution in [0, 0.1) is 13.8 Å². The minimum atomic E-state index is -0.976. The molecule has 0 amide bonds. The van der Waals surface area contributed by atoms with Gasteiger partial charge in [0.05, 0.1) is 7.11 Å². The Morgan fingerprint density at radius 1 is 1.32 bits per heavy atom. The molecule has 1 aromatic heterocycles. The summed E-state index contributed by atoms with van der Waals surface area (Å²) in [5.74, 6) is -0.190. The van der Waals surface area contributed by atoms with E-state index in [1.807, 2.05) is 26.0 Å². The second kappa shape index (κ2) is 4.76. The highest BCUT2D eigenvalue weighted by Gasteiger charge is 2.19. The Labute approximate surface area is 111 Å². The highest BCUT2D eigenvalue weighted by atomic mass is 16.5. The van der Waals surface area contributed by atoms with Crippen LogP contribution in [0.2, 0.25) is 0 Å². The minimum Gasteiger partial charge on any atom is -0.496 e. The number of aromatic carboxylic acids is 1. The van der Waals surface area contributed by atoms with Crippen molar-refractivity contribution < 1.29 is 14.6 Å². The molecule has 0 saturated carbocycles. The van der Waals surface area contributed by atoms with Crippen LogP contribution >= 0.6 is 0 Å². The van der Waals surface area contributed by atoms with Crippen LogP contribution in [0.5, 0.6) is 5.75 Å². The molecule has 1 aromatic carbocycles. The molecule has 0 unspecified atom stereocenters. The third-order valence-electron chi connectivity index (χ3n) is 3.27. The molecule has 0 atom stereocenters. The molecule has 0 radical (unpaired) electrons. The van der Waals surface area contributed by atoms with Gasteiger partial charge in [-0.2, -0.15) is 5.10 Å². The molecule has 0 spiro atoms. The SMILES string of the molecule is COc1ccc(-c2nn(C)cc2C(=O)O)c(C)c1C. The van der Waals surface area contributed by atoms with Gasteiger partial charge in [0.15, 0.2) is 0 Å². The second-order valence-electron chi connectivity index (χ2n) is 4.44. The van der Waals surface area contributed by atoms with Crippen molar-refractivity contribution in [3.63, 3.8) is 0 Å². The van der Waals surface area contributed by atoms with E-state index in [0.29, 0.717) is 5.69 Å². The van der Waals surface area contributed by atoms with Crippen molar-refractivity contribution in [3.05, 3.63) is 35.0 Å². The van der Waals surface area contributed by atoms with Gasteiger partial charge in [0, 0.05) is 18.8 Å². The average molecular weight is 260 g/mol. The molecule has 1 N–H and O–H groups in total. The quantitative estimate of drug-likeness (QED) is 0.920. The van der Waals surface area contributed by atoms with Gasteiger partial charge < -0.3 is 9.84 Å². The largest absolute Gasteiger partial charge is 0.496 e. The fourth-order valence-corrected chi connectivity index (χ4v) is 2.12. The van der Waals surface area contributed by atoms with E-state index >= 15 is 0 Å². The third-order valence-corrected chi connectivity index (χ3v) is 3.27. The predicted molar refractivity (Wildman–Crippen MR) is 71.6 cm³/mol. The lowest BCUT2D eigenvalue weighted by Crippen LogP contribution is -1.99. The average Bonchev–Trinajstić information content (AvgIpc) is 2.75. The first kappa shape index (κ1) is 13.1. The Bertz CT molecular complexity index is 644. The van der Waals surface area contributed by atoms with Crippen LogP contribution in [0.15, 0.2) is 18.3 Å². The molecule has 2 rings (SSSR count). The standard InChI is InChI=1S/C14H16N2O3/c1-8-9(2)12(19-4)6-5-10(8)13-11(14(17)18)7-16(3)15-13/h5-7H,1-4H3,(H,17,18). The fraction of sp³-hybridized carbons (Fsp3) is 0.286. The van der Waals surface area contributed by atoms with E-state index in [4.69, 9.17) is 4.74 Å². The summed E-state index contributed by atoms with van der Waals surface area (Å²) in [6, 6.07) is 3.67. The monoisotopic (exact) mass is 260 g/mol. The van der Waals surface area contributed by atoms with Crippen LogP contribution in [-0.2, 0) is 7.05 Å². The molecular formula is C14H16N2O3. The Kier molecular flexibility index (Phi) is 3.29. The summed E-state index contributed by atoms with van der Waals surface area (Å²) in [5.41, 5.74) is 3.47. The molecule has 19 heavy (non-hydrogen) atoms. The van der Waals surface area contributed by atoms with Crippen LogP contribution in [0.1, 0.15) is 21.5 Å². The maximum absolute atomic E-state index is 11.2. The normalized spacial score (nSPS) is 10.5. The zero-order valence-corrected chi connectivity index (χ0v) is 11.4. The lowest BCUT2D eigenvalue weighted by Gasteiger charge is -2.11. The van der Waals surface area contributed by atoms with Crippen LogP contribution in [0.4, 0.5) is 0 Å². The van der Waals surface area contributed by atoms with Gasteiger partial charge >= 0.3 is 5.97 Å². The summed E-state index contributed by atoms with van der Waals surface area (Å²) in [4.78, 5) is 11.2. The first-order valence-electron chi connectivity index (χ1n) is 5.87. The van der Waals surface area contributed by atoms with Crippen LogP contribution in [0.3, 0.4) is 0 Å². The van der Waals surface area contributed by atoms with Gasteiger partial charge in [-0.15, -0.1) is 0 Å². The van der Waals surface area contributed by atoms with Crippen LogP contribution in [-0.4, -0.2) is 28.0 Å². The molecule has 0 aliphatic carbocycles. The number of hydrogen-bond acceptors (Lipinski definition) is 3. The molecule has 1 heterocycles. The summed E-state index contributed by atoms with van der Waals surface area (Å²) in [5, 5.41) is 13.5. The van der Waals surface area contributed by atoms with Gasteiger partial charge in [0.1, 0.15) is 17.0 Å². The topological polar surface area (TPSA) is 64.4 Å². The number of methoxy groups -OCH3 is 1. The predicted octanol–water partition coefficient (Wildman–Crippen LogP) is 2.41. The summed E-state index contributed by atoms with van der Waals surface area (Å²) >= 11 is 0. The molecule has 5 nitrogen and oxygen atoms in total. The minimum absolute atomic E-state index is 0.204. The molecule has 0 saturated heterocycles. The van der Waals surface area contributed by atoms with Crippen molar-refractivity contribution in [1.29, 1.82) is 0 Å². The highest BCUT2D eigenvalue weighted by Crippen LogP contribution is 2.31. The fourth-order valence-electron chi connectivity index (χ4n) is 2.12. The van der Waals surface area contributed by atoms with E-state index in [1.54, 1.807) is 14.2 Å². The number of benzene rings is 1. The number of ether oxygens (including phenoxy) is 1. The maximum atomic E-state index is 11.2. The van der Waals surface area contributed by atoms with E-state index in [-0.39, 0.29) is 5.56 Å².